The van der Waals surface area contributed by atoms with Gasteiger partial charge in [-0.25, -0.2) is 4.79 Å². The summed E-state index contributed by atoms with van der Waals surface area (Å²) in [6, 6.07) is 3.23. The van der Waals surface area contributed by atoms with Crippen molar-refractivity contribution in [1.29, 1.82) is 0 Å². The summed E-state index contributed by atoms with van der Waals surface area (Å²) < 4.78 is 10.6. The molecule has 0 bridgehead atoms. The van der Waals surface area contributed by atoms with Crippen LogP contribution >= 0.6 is 0 Å². The van der Waals surface area contributed by atoms with E-state index in [0.29, 0.717) is 12.3 Å². The number of ether oxygens (including phenoxy) is 1. The Hall–Kier alpha value is -1.29. The Bertz CT molecular complexity index is 486. The highest BCUT2D eigenvalue weighted by molar-refractivity contribution is 5.86. The molecule has 2 aliphatic rings. The second-order valence-corrected chi connectivity index (χ2v) is 6.65. The Morgan fingerprint density at radius 1 is 1.47 bits per heavy atom. The fourth-order valence-electron chi connectivity index (χ4n) is 3.68. The van der Waals surface area contributed by atoms with E-state index in [1.165, 1.54) is 6.26 Å². The van der Waals surface area contributed by atoms with Crippen LogP contribution in [-0.2, 0) is 4.74 Å². The Morgan fingerprint density at radius 2 is 2.21 bits per heavy atom. The van der Waals surface area contributed by atoms with Crippen molar-refractivity contribution in [2.45, 2.75) is 45.3 Å². The average molecular weight is 264 g/mol. The zero-order valence-corrected chi connectivity index (χ0v) is 11.6. The molecule has 1 aromatic rings. The molecular weight excluding hydrogens is 244 g/mol. The molecule has 1 aromatic heterocycles. The number of hydrogen-bond donors (Lipinski definition) is 1. The third kappa shape index (κ3) is 1.89. The lowest BCUT2D eigenvalue weighted by molar-refractivity contribution is -0.105. The molecule has 0 amide bonds. The van der Waals surface area contributed by atoms with Crippen molar-refractivity contribution in [3.8, 4) is 0 Å². The highest BCUT2D eigenvalue weighted by Crippen LogP contribution is 2.67. The maximum atomic E-state index is 12.0. The van der Waals surface area contributed by atoms with Gasteiger partial charge in [0, 0.05) is 5.92 Å². The Labute approximate surface area is 112 Å². The minimum atomic E-state index is -0.947. The Kier molecular flexibility index (Phi) is 2.58. The Balaban J connectivity index is 1.80. The zero-order valence-electron chi connectivity index (χ0n) is 11.6. The maximum absolute atomic E-state index is 12.0. The first-order valence-electron chi connectivity index (χ1n) is 6.81. The molecule has 1 heterocycles. The van der Waals surface area contributed by atoms with Gasteiger partial charge in [0.2, 0.25) is 5.76 Å². The lowest BCUT2D eigenvalue weighted by atomic mass is 9.83. The normalized spacial score (nSPS) is 39.5. The first-order chi connectivity index (χ1) is 8.84. The van der Waals surface area contributed by atoms with E-state index in [2.05, 4.69) is 13.8 Å². The lowest BCUT2D eigenvalue weighted by Gasteiger charge is -2.36. The van der Waals surface area contributed by atoms with Gasteiger partial charge in [-0.2, -0.15) is 0 Å². The number of furan rings is 1. The summed E-state index contributed by atoms with van der Waals surface area (Å²) in [6.45, 7) is 6.12. The van der Waals surface area contributed by atoms with Gasteiger partial charge in [0.1, 0.15) is 6.10 Å². The van der Waals surface area contributed by atoms with Gasteiger partial charge in [0.05, 0.1) is 11.9 Å². The summed E-state index contributed by atoms with van der Waals surface area (Å²) in [5, 5.41) is 10.5. The molecule has 4 nitrogen and oxygen atoms in total. The fourth-order valence-corrected chi connectivity index (χ4v) is 3.68. The van der Waals surface area contributed by atoms with Gasteiger partial charge in [-0.1, -0.05) is 13.8 Å². The molecule has 4 unspecified atom stereocenters. The summed E-state index contributed by atoms with van der Waals surface area (Å²) in [5.41, 5.74) is -0.800. The molecule has 1 N–H and O–H groups in total. The molecule has 2 saturated carbocycles. The minimum Gasteiger partial charge on any atom is -0.457 e. The third-order valence-electron chi connectivity index (χ3n) is 5.00. The van der Waals surface area contributed by atoms with Crippen LogP contribution in [-0.4, -0.2) is 22.8 Å². The van der Waals surface area contributed by atoms with Crippen molar-refractivity contribution in [2.24, 2.45) is 17.3 Å². The van der Waals surface area contributed by atoms with Crippen molar-refractivity contribution in [2.75, 3.05) is 0 Å². The number of rotatable bonds is 2. The molecule has 4 atom stereocenters. The molecular formula is C15H20O4. The van der Waals surface area contributed by atoms with Crippen LogP contribution in [0.2, 0.25) is 0 Å². The fraction of sp³-hybridized carbons (Fsp3) is 0.667. The molecule has 3 rings (SSSR count). The van der Waals surface area contributed by atoms with Gasteiger partial charge < -0.3 is 14.3 Å². The molecule has 19 heavy (non-hydrogen) atoms. The van der Waals surface area contributed by atoms with Crippen molar-refractivity contribution in [3.63, 3.8) is 0 Å². The summed E-state index contributed by atoms with van der Waals surface area (Å²) >= 11 is 0. The van der Waals surface area contributed by atoms with E-state index in [1.54, 1.807) is 19.1 Å². The zero-order chi connectivity index (χ0) is 13.8. The quantitative estimate of drug-likeness (QED) is 0.834. The number of carbonyl (C=O) groups is 1. The van der Waals surface area contributed by atoms with E-state index in [4.69, 9.17) is 9.15 Å². The Morgan fingerprint density at radius 3 is 2.84 bits per heavy atom. The van der Waals surface area contributed by atoms with Gasteiger partial charge >= 0.3 is 5.97 Å². The molecule has 2 fully saturated rings. The van der Waals surface area contributed by atoms with Crippen molar-refractivity contribution < 1.29 is 19.1 Å². The number of aliphatic hydroxyl groups is 1. The van der Waals surface area contributed by atoms with E-state index >= 15 is 0 Å². The van der Waals surface area contributed by atoms with Gasteiger partial charge in [0.15, 0.2) is 0 Å². The van der Waals surface area contributed by atoms with E-state index in [0.717, 1.165) is 6.42 Å². The minimum absolute atomic E-state index is 0.147. The van der Waals surface area contributed by atoms with Crippen LogP contribution in [0.3, 0.4) is 0 Å². The second-order valence-electron chi connectivity index (χ2n) is 6.65. The van der Waals surface area contributed by atoms with Crippen LogP contribution in [0.4, 0.5) is 0 Å². The number of hydrogen-bond acceptors (Lipinski definition) is 4. The van der Waals surface area contributed by atoms with Crippen LogP contribution < -0.4 is 0 Å². The third-order valence-corrected chi connectivity index (χ3v) is 5.00. The predicted octanol–water partition coefficient (Wildman–Crippen LogP) is 2.62. The molecule has 0 aliphatic heterocycles. The highest BCUT2D eigenvalue weighted by Gasteiger charge is 2.67. The van der Waals surface area contributed by atoms with Gasteiger partial charge in [-0.3, -0.25) is 0 Å². The maximum Gasteiger partial charge on any atom is 0.374 e. The highest BCUT2D eigenvalue weighted by atomic mass is 16.6. The average Bonchev–Trinajstić information content (AvgIpc) is 2.73. The second kappa shape index (κ2) is 3.85. The van der Waals surface area contributed by atoms with Crippen molar-refractivity contribution in [1.82, 2.24) is 0 Å². The van der Waals surface area contributed by atoms with Gasteiger partial charge in [-0.15, -0.1) is 0 Å². The van der Waals surface area contributed by atoms with Crippen molar-refractivity contribution >= 4 is 5.97 Å². The van der Waals surface area contributed by atoms with Gasteiger partial charge in [-0.05, 0) is 43.2 Å². The summed E-state index contributed by atoms with van der Waals surface area (Å²) in [6.07, 6.45) is 2.67. The van der Waals surface area contributed by atoms with E-state index < -0.39 is 17.7 Å². The first kappa shape index (κ1) is 12.7. The molecule has 2 aliphatic carbocycles. The van der Waals surface area contributed by atoms with Crippen LogP contribution in [0.1, 0.15) is 44.2 Å². The van der Waals surface area contributed by atoms with E-state index in [9.17, 15) is 9.90 Å². The summed E-state index contributed by atoms with van der Waals surface area (Å²) in [5.74, 6) is 0.493. The molecule has 0 radical (unpaired) electrons. The topological polar surface area (TPSA) is 59.7 Å². The SMILES string of the molecule is CC1(O)CCC2C(C1OC(=O)c1ccco1)C2(C)C. The smallest absolute Gasteiger partial charge is 0.374 e. The molecule has 0 saturated heterocycles. The largest absolute Gasteiger partial charge is 0.457 e. The van der Waals surface area contributed by atoms with E-state index in [1.807, 2.05) is 0 Å². The van der Waals surface area contributed by atoms with E-state index in [-0.39, 0.29) is 17.1 Å². The predicted molar refractivity (Wildman–Crippen MR) is 68.5 cm³/mol. The number of carbonyl (C=O) groups excluding carboxylic acids is 1. The van der Waals surface area contributed by atoms with Crippen LogP contribution in [0.15, 0.2) is 22.8 Å². The number of fused-ring (bicyclic) bond motifs is 1. The van der Waals surface area contributed by atoms with Gasteiger partial charge in [0.25, 0.3) is 0 Å². The van der Waals surface area contributed by atoms with Crippen molar-refractivity contribution in [3.05, 3.63) is 24.2 Å². The molecule has 4 heteroatoms. The van der Waals surface area contributed by atoms with Crippen LogP contribution in [0.25, 0.3) is 0 Å². The molecule has 0 spiro atoms. The standard InChI is InChI=1S/C15H20O4/c1-14(2)9-6-7-15(3,17)12(11(9)14)19-13(16)10-5-4-8-18-10/h4-5,8-9,11-12,17H,6-7H2,1-3H3. The monoisotopic (exact) mass is 264 g/mol. The first-order valence-corrected chi connectivity index (χ1v) is 6.81. The summed E-state index contributed by atoms with van der Waals surface area (Å²) in [4.78, 5) is 12.0. The molecule has 0 aromatic carbocycles. The molecule has 104 valence electrons. The van der Waals surface area contributed by atoms with Crippen LogP contribution in [0.5, 0.6) is 0 Å². The summed E-state index contributed by atoms with van der Waals surface area (Å²) in [7, 11) is 0. The lowest BCUT2D eigenvalue weighted by Crippen LogP contribution is -2.46. The van der Waals surface area contributed by atoms with Crippen LogP contribution in [0, 0.1) is 17.3 Å². The number of esters is 1.